The summed E-state index contributed by atoms with van der Waals surface area (Å²) in [6.07, 6.45) is 6.95. The van der Waals surface area contributed by atoms with Gasteiger partial charge in [0.2, 0.25) is 0 Å². The van der Waals surface area contributed by atoms with E-state index in [9.17, 15) is 9.59 Å². The zero-order chi connectivity index (χ0) is 31.2. The standard InChI is InChI=1S/C21H32BrN3O3.C12H9Cl2N/c1-3-25(18-8-5-4-6-9-18)14-17-12-16(13-19(22)20(17)23)21(27)24-10-7-11-28-15(2)26;13-10-7-4-8-11(14)12(10)15-9-5-2-1-3-6-9/h12-13,18H,3-11,14,23H2,1-2H3,(H,24,27);1-8,15H. The Kier molecular flexibility index (Phi) is 14.6. The maximum atomic E-state index is 12.5. The second kappa shape index (κ2) is 18.1. The minimum absolute atomic E-state index is 0.148. The Labute approximate surface area is 273 Å². The van der Waals surface area contributed by atoms with E-state index in [1.807, 2.05) is 42.5 Å². The molecule has 4 N–H and O–H groups in total. The number of nitrogens with two attached hydrogens (primary N) is 1. The Morgan fingerprint density at radius 3 is 2.33 bits per heavy atom. The number of ether oxygens (including phenoxy) is 1. The molecular weight excluding hydrogens is 651 g/mol. The van der Waals surface area contributed by atoms with Crippen molar-refractivity contribution in [2.75, 3.05) is 30.7 Å². The molecule has 0 spiro atoms. The third-order valence-electron chi connectivity index (χ3n) is 7.27. The van der Waals surface area contributed by atoms with Crippen LogP contribution in [0, 0.1) is 0 Å². The van der Waals surface area contributed by atoms with Crippen LogP contribution in [0.25, 0.3) is 0 Å². The number of hydrogen-bond donors (Lipinski definition) is 3. The summed E-state index contributed by atoms with van der Waals surface area (Å²) in [7, 11) is 0. The van der Waals surface area contributed by atoms with E-state index in [0.717, 1.165) is 34.5 Å². The zero-order valence-corrected chi connectivity index (χ0v) is 27.9. The number of anilines is 3. The van der Waals surface area contributed by atoms with E-state index in [2.05, 4.69) is 38.4 Å². The molecule has 43 heavy (non-hydrogen) atoms. The van der Waals surface area contributed by atoms with Crippen molar-refractivity contribution in [3.8, 4) is 0 Å². The third-order valence-corrected chi connectivity index (χ3v) is 8.55. The van der Waals surface area contributed by atoms with Crippen LogP contribution >= 0.6 is 39.1 Å². The SMILES string of the molecule is CCN(Cc1cc(C(=O)NCCCOC(C)=O)cc(Br)c1N)C1CCCCC1.Clc1cccc(Cl)c1Nc1ccccc1. The Hall–Kier alpha value is -2.78. The normalized spacial score (nSPS) is 13.2. The molecule has 0 unspecified atom stereocenters. The molecule has 0 heterocycles. The van der Waals surface area contributed by atoms with Gasteiger partial charge in [-0.25, -0.2) is 0 Å². The first-order chi connectivity index (χ1) is 20.7. The number of amides is 1. The number of para-hydroxylation sites is 2. The van der Waals surface area contributed by atoms with Gasteiger partial charge >= 0.3 is 5.97 Å². The molecule has 3 aromatic rings. The van der Waals surface area contributed by atoms with Gasteiger partial charge in [0.15, 0.2) is 0 Å². The Morgan fingerprint density at radius 1 is 1.02 bits per heavy atom. The number of nitrogens with one attached hydrogen (secondary N) is 2. The van der Waals surface area contributed by atoms with Crippen LogP contribution in [0.4, 0.5) is 17.1 Å². The van der Waals surface area contributed by atoms with E-state index in [-0.39, 0.29) is 11.9 Å². The second-order valence-corrected chi connectivity index (χ2v) is 12.1. The minimum Gasteiger partial charge on any atom is -0.466 e. The van der Waals surface area contributed by atoms with Gasteiger partial charge in [-0.3, -0.25) is 14.5 Å². The number of esters is 1. The summed E-state index contributed by atoms with van der Waals surface area (Å²) in [5.74, 6) is -0.456. The highest BCUT2D eigenvalue weighted by molar-refractivity contribution is 9.10. The molecular formula is C33H41BrCl2N4O3. The predicted octanol–water partition coefficient (Wildman–Crippen LogP) is 8.61. The van der Waals surface area contributed by atoms with Crippen LogP contribution in [0.5, 0.6) is 0 Å². The molecule has 0 bridgehead atoms. The molecule has 0 saturated heterocycles. The van der Waals surface area contributed by atoms with Crippen LogP contribution in [-0.2, 0) is 16.1 Å². The summed E-state index contributed by atoms with van der Waals surface area (Å²) < 4.78 is 5.62. The fourth-order valence-corrected chi connectivity index (χ4v) is 5.97. The molecule has 1 amide bonds. The Morgan fingerprint density at radius 2 is 1.70 bits per heavy atom. The summed E-state index contributed by atoms with van der Waals surface area (Å²) >= 11 is 15.6. The van der Waals surface area contributed by atoms with Gasteiger partial charge in [0, 0.05) is 41.8 Å². The van der Waals surface area contributed by atoms with Crippen LogP contribution in [0.3, 0.4) is 0 Å². The van der Waals surface area contributed by atoms with Crippen LogP contribution in [-0.4, -0.2) is 42.5 Å². The highest BCUT2D eigenvalue weighted by Crippen LogP contribution is 2.32. The molecule has 10 heteroatoms. The minimum atomic E-state index is -0.308. The number of carbonyl (C=O) groups is 2. The monoisotopic (exact) mass is 690 g/mol. The van der Waals surface area contributed by atoms with Crippen molar-refractivity contribution < 1.29 is 14.3 Å². The van der Waals surface area contributed by atoms with Gasteiger partial charge in [-0.15, -0.1) is 0 Å². The number of hydrogen-bond acceptors (Lipinski definition) is 6. The average Bonchev–Trinajstić information content (AvgIpc) is 3.00. The predicted molar refractivity (Wildman–Crippen MR) is 181 cm³/mol. The zero-order valence-electron chi connectivity index (χ0n) is 24.8. The highest BCUT2D eigenvalue weighted by atomic mass is 79.9. The fraction of sp³-hybridized carbons (Fsp3) is 0.394. The van der Waals surface area contributed by atoms with Gasteiger partial charge in [-0.1, -0.05) is 73.7 Å². The fourth-order valence-electron chi connectivity index (χ4n) is 4.98. The molecule has 1 saturated carbocycles. The van der Waals surface area contributed by atoms with Crippen LogP contribution in [0.1, 0.15) is 68.3 Å². The first-order valence-corrected chi connectivity index (χ1v) is 16.2. The molecule has 0 aliphatic heterocycles. The maximum absolute atomic E-state index is 12.5. The van der Waals surface area contributed by atoms with Gasteiger partial charge < -0.3 is 21.1 Å². The summed E-state index contributed by atoms with van der Waals surface area (Å²) in [4.78, 5) is 25.8. The summed E-state index contributed by atoms with van der Waals surface area (Å²) in [6, 6.07) is 19.5. The topological polar surface area (TPSA) is 96.7 Å². The van der Waals surface area contributed by atoms with E-state index < -0.39 is 0 Å². The highest BCUT2D eigenvalue weighted by Gasteiger charge is 2.22. The van der Waals surface area contributed by atoms with Gasteiger partial charge in [0.25, 0.3) is 5.91 Å². The first kappa shape index (κ1) is 34.7. The molecule has 4 rings (SSSR count). The van der Waals surface area contributed by atoms with Crippen molar-refractivity contribution >= 4 is 68.1 Å². The van der Waals surface area contributed by atoms with Crippen molar-refractivity contribution in [2.24, 2.45) is 0 Å². The quantitative estimate of drug-likeness (QED) is 0.106. The van der Waals surface area contributed by atoms with E-state index in [4.69, 9.17) is 33.7 Å². The van der Waals surface area contributed by atoms with Crippen LogP contribution < -0.4 is 16.4 Å². The van der Waals surface area contributed by atoms with E-state index in [0.29, 0.717) is 46.9 Å². The van der Waals surface area contributed by atoms with E-state index >= 15 is 0 Å². The largest absolute Gasteiger partial charge is 0.466 e. The number of nitrogens with zero attached hydrogens (tertiary/aromatic N) is 1. The van der Waals surface area contributed by atoms with E-state index in [1.54, 1.807) is 18.2 Å². The smallest absolute Gasteiger partial charge is 0.302 e. The maximum Gasteiger partial charge on any atom is 0.302 e. The number of benzene rings is 3. The first-order valence-electron chi connectivity index (χ1n) is 14.7. The molecule has 1 aliphatic carbocycles. The van der Waals surface area contributed by atoms with Crippen molar-refractivity contribution in [1.82, 2.24) is 10.2 Å². The van der Waals surface area contributed by atoms with Gasteiger partial charge in [-0.2, -0.15) is 0 Å². The Bertz CT molecular complexity index is 1320. The number of nitrogen functional groups attached to an aromatic ring is 1. The van der Waals surface area contributed by atoms with Crippen molar-refractivity contribution in [3.63, 3.8) is 0 Å². The van der Waals surface area contributed by atoms with Gasteiger partial charge in [0.05, 0.1) is 28.0 Å². The number of halogens is 3. The van der Waals surface area contributed by atoms with E-state index in [1.165, 1.54) is 39.0 Å². The molecule has 1 fully saturated rings. The molecule has 0 radical (unpaired) electrons. The molecule has 7 nitrogen and oxygen atoms in total. The summed E-state index contributed by atoms with van der Waals surface area (Å²) in [5, 5.41) is 7.28. The lowest BCUT2D eigenvalue weighted by Crippen LogP contribution is -2.36. The third kappa shape index (κ3) is 11.3. The molecule has 3 aromatic carbocycles. The summed E-state index contributed by atoms with van der Waals surface area (Å²) in [6.45, 7) is 6.03. The van der Waals surface area contributed by atoms with Crippen LogP contribution in [0.15, 0.2) is 65.1 Å². The average molecular weight is 693 g/mol. The van der Waals surface area contributed by atoms with Gasteiger partial charge in [-0.05, 0) is 83.7 Å². The Balaban J connectivity index is 0.000000282. The van der Waals surface area contributed by atoms with Crippen molar-refractivity contribution in [2.45, 2.75) is 65.0 Å². The number of carbonyl (C=O) groups excluding carboxylic acids is 2. The van der Waals surface area contributed by atoms with Crippen molar-refractivity contribution in [1.29, 1.82) is 0 Å². The van der Waals surface area contributed by atoms with Crippen molar-refractivity contribution in [3.05, 3.63) is 86.3 Å². The second-order valence-electron chi connectivity index (χ2n) is 10.4. The lowest BCUT2D eigenvalue weighted by atomic mass is 9.93. The molecule has 1 aliphatic rings. The van der Waals surface area contributed by atoms with Crippen LogP contribution in [0.2, 0.25) is 10.0 Å². The molecule has 0 atom stereocenters. The molecule has 0 aromatic heterocycles. The van der Waals surface area contributed by atoms with Gasteiger partial charge in [0.1, 0.15) is 0 Å². The number of rotatable bonds is 11. The molecule has 232 valence electrons. The lowest BCUT2D eigenvalue weighted by Gasteiger charge is -2.34. The summed E-state index contributed by atoms with van der Waals surface area (Å²) in [5.41, 5.74) is 10.3. The lowest BCUT2D eigenvalue weighted by molar-refractivity contribution is -0.140.